The van der Waals surface area contributed by atoms with Crippen LogP contribution in [0.2, 0.25) is 0 Å². The van der Waals surface area contributed by atoms with Gasteiger partial charge in [-0.05, 0) is 55.2 Å². The number of pyridine rings is 1. The maximum atomic E-state index is 11.9. The van der Waals surface area contributed by atoms with Crippen LogP contribution in [0.5, 0.6) is 0 Å². The van der Waals surface area contributed by atoms with Gasteiger partial charge in [0.15, 0.2) is 0 Å². The van der Waals surface area contributed by atoms with Crippen molar-refractivity contribution in [2.24, 2.45) is 11.8 Å². The Morgan fingerprint density at radius 3 is 2.24 bits per heavy atom. The fraction of sp³-hybridized carbons (Fsp3) is 0.500. The second-order valence-electron chi connectivity index (χ2n) is 8.50. The van der Waals surface area contributed by atoms with Crippen molar-refractivity contribution in [3.63, 3.8) is 0 Å². The molecule has 1 saturated carbocycles. The highest BCUT2D eigenvalue weighted by molar-refractivity contribution is 5.76. The molecule has 2 heterocycles. The average molecular weight is 394 g/mol. The highest BCUT2D eigenvalue weighted by Gasteiger charge is 2.33. The van der Waals surface area contributed by atoms with Crippen LogP contribution >= 0.6 is 0 Å². The van der Waals surface area contributed by atoms with Gasteiger partial charge in [-0.25, -0.2) is 0 Å². The Hall–Kier alpha value is -2.40. The van der Waals surface area contributed by atoms with E-state index in [0.717, 1.165) is 64.0 Å². The second-order valence-corrected chi connectivity index (χ2v) is 8.50. The van der Waals surface area contributed by atoms with E-state index in [0.29, 0.717) is 5.92 Å². The number of nitrogens with zero attached hydrogens (tertiary/aromatic N) is 3. The van der Waals surface area contributed by atoms with E-state index in [9.17, 15) is 9.90 Å². The molecule has 2 fully saturated rings. The Balaban J connectivity index is 1.26. The highest BCUT2D eigenvalue weighted by Crippen LogP contribution is 2.38. The first kappa shape index (κ1) is 19.9. The summed E-state index contributed by atoms with van der Waals surface area (Å²) in [5.41, 5.74) is 2.22. The minimum atomic E-state index is -0.674. The van der Waals surface area contributed by atoms with Crippen molar-refractivity contribution in [1.29, 1.82) is 0 Å². The van der Waals surface area contributed by atoms with Crippen molar-refractivity contribution in [2.45, 2.75) is 31.6 Å². The molecule has 154 valence electrons. The zero-order valence-electron chi connectivity index (χ0n) is 17.0. The Labute approximate surface area is 173 Å². The van der Waals surface area contributed by atoms with E-state index < -0.39 is 5.97 Å². The van der Waals surface area contributed by atoms with Crippen LogP contribution in [0, 0.1) is 11.8 Å². The molecule has 0 radical (unpaired) electrons. The number of anilines is 1. The summed E-state index contributed by atoms with van der Waals surface area (Å²) in [6, 6.07) is 13.9. The molecule has 1 aliphatic carbocycles. The number of aromatic nitrogens is 1. The van der Waals surface area contributed by atoms with Gasteiger partial charge in [-0.15, -0.1) is 0 Å². The molecule has 1 saturated heterocycles. The molecular formula is C24H31N3O2. The molecule has 4 rings (SSSR count). The summed E-state index contributed by atoms with van der Waals surface area (Å²) in [5.74, 6) is -0.0772. The van der Waals surface area contributed by atoms with Crippen molar-refractivity contribution in [2.75, 3.05) is 37.6 Å². The highest BCUT2D eigenvalue weighted by atomic mass is 16.4. The molecule has 1 atom stereocenters. The minimum absolute atomic E-state index is 0.259. The van der Waals surface area contributed by atoms with Crippen molar-refractivity contribution in [3.05, 3.63) is 60.4 Å². The van der Waals surface area contributed by atoms with Crippen LogP contribution in [0.1, 0.15) is 37.2 Å². The SMILES string of the molecule is O=C(O)C(c1ccccc1)C1CCC(CN2CCN(c3ccncc3)CC2)CC1. The predicted octanol–water partition coefficient (Wildman–Crippen LogP) is 3.88. The van der Waals surface area contributed by atoms with Crippen LogP contribution in [-0.2, 0) is 4.79 Å². The van der Waals surface area contributed by atoms with Crippen molar-refractivity contribution >= 4 is 11.7 Å². The zero-order chi connectivity index (χ0) is 20.1. The first-order valence-electron chi connectivity index (χ1n) is 10.9. The Morgan fingerprint density at radius 1 is 0.966 bits per heavy atom. The van der Waals surface area contributed by atoms with E-state index in [1.807, 2.05) is 42.7 Å². The van der Waals surface area contributed by atoms with Crippen LogP contribution in [-0.4, -0.2) is 53.7 Å². The van der Waals surface area contributed by atoms with Crippen LogP contribution in [0.3, 0.4) is 0 Å². The largest absolute Gasteiger partial charge is 0.481 e. The quantitative estimate of drug-likeness (QED) is 0.807. The van der Waals surface area contributed by atoms with Gasteiger partial charge in [0, 0.05) is 50.8 Å². The number of rotatable bonds is 6. The van der Waals surface area contributed by atoms with Gasteiger partial charge in [-0.2, -0.15) is 0 Å². The van der Waals surface area contributed by atoms with Crippen LogP contribution in [0.4, 0.5) is 5.69 Å². The maximum Gasteiger partial charge on any atom is 0.311 e. The number of piperazine rings is 1. The molecule has 2 aliphatic rings. The van der Waals surface area contributed by atoms with Gasteiger partial charge < -0.3 is 10.0 Å². The Bertz CT molecular complexity index is 767. The zero-order valence-corrected chi connectivity index (χ0v) is 17.0. The molecule has 5 nitrogen and oxygen atoms in total. The molecule has 0 spiro atoms. The van der Waals surface area contributed by atoms with Gasteiger partial charge in [-0.3, -0.25) is 14.7 Å². The van der Waals surface area contributed by atoms with Gasteiger partial charge in [0.05, 0.1) is 5.92 Å². The lowest BCUT2D eigenvalue weighted by atomic mass is 9.73. The molecule has 1 aromatic carbocycles. The molecule has 2 aromatic rings. The predicted molar refractivity (Wildman–Crippen MR) is 115 cm³/mol. The Morgan fingerprint density at radius 2 is 1.62 bits per heavy atom. The van der Waals surface area contributed by atoms with Crippen molar-refractivity contribution in [1.82, 2.24) is 9.88 Å². The number of hydrogen-bond acceptors (Lipinski definition) is 4. The van der Waals surface area contributed by atoms with E-state index in [2.05, 4.69) is 26.9 Å². The Kier molecular flexibility index (Phi) is 6.45. The first-order valence-corrected chi connectivity index (χ1v) is 10.9. The van der Waals surface area contributed by atoms with E-state index in [1.165, 1.54) is 5.69 Å². The van der Waals surface area contributed by atoms with Gasteiger partial charge in [0.2, 0.25) is 0 Å². The van der Waals surface area contributed by atoms with Gasteiger partial charge >= 0.3 is 5.97 Å². The summed E-state index contributed by atoms with van der Waals surface area (Å²) in [4.78, 5) is 21.1. The maximum absolute atomic E-state index is 11.9. The number of benzene rings is 1. The summed E-state index contributed by atoms with van der Waals surface area (Å²) >= 11 is 0. The van der Waals surface area contributed by atoms with Crippen LogP contribution in [0.25, 0.3) is 0 Å². The summed E-state index contributed by atoms with van der Waals surface area (Å²) in [7, 11) is 0. The van der Waals surface area contributed by atoms with E-state index >= 15 is 0 Å². The lowest BCUT2D eigenvalue weighted by Crippen LogP contribution is -2.48. The first-order chi connectivity index (χ1) is 14.2. The lowest BCUT2D eigenvalue weighted by Gasteiger charge is -2.39. The number of carboxylic acids is 1. The second kappa shape index (κ2) is 9.40. The normalized spacial score (nSPS) is 24.2. The molecule has 0 bridgehead atoms. The monoisotopic (exact) mass is 393 g/mol. The number of hydrogen-bond donors (Lipinski definition) is 1. The summed E-state index contributed by atoms with van der Waals surface area (Å²) < 4.78 is 0. The molecule has 1 N–H and O–H groups in total. The molecule has 1 aromatic heterocycles. The summed E-state index contributed by atoms with van der Waals surface area (Å²) in [5, 5.41) is 9.81. The van der Waals surface area contributed by atoms with Crippen LogP contribution < -0.4 is 4.90 Å². The molecule has 5 heteroatoms. The third-order valence-electron chi connectivity index (χ3n) is 6.70. The minimum Gasteiger partial charge on any atom is -0.481 e. The molecular weight excluding hydrogens is 362 g/mol. The van der Waals surface area contributed by atoms with E-state index in [1.54, 1.807) is 0 Å². The number of carbonyl (C=O) groups is 1. The van der Waals surface area contributed by atoms with E-state index in [-0.39, 0.29) is 11.8 Å². The summed E-state index contributed by atoms with van der Waals surface area (Å²) in [6.07, 6.45) is 8.05. The van der Waals surface area contributed by atoms with Gasteiger partial charge in [0.25, 0.3) is 0 Å². The van der Waals surface area contributed by atoms with Crippen LogP contribution in [0.15, 0.2) is 54.9 Å². The number of carboxylic acid groups (broad SMARTS) is 1. The standard InChI is InChI=1S/C24H31N3O2/c28-24(29)23(20-4-2-1-3-5-20)21-8-6-19(7-9-21)18-26-14-16-27(17-15-26)22-10-12-25-13-11-22/h1-5,10-13,19,21,23H,6-9,14-18H2,(H,28,29). The lowest BCUT2D eigenvalue weighted by molar-refractivity contribution is -0.140. The van der Waals surface area contributed by atoms with Gasteiger partial charge in [0.1, 0.15) is 0 Å². The topological polar surface area (TPSA) is 56.7 Å². The fourth-order valence-electron chi connectivity index (χ4n) is 5.09. The van der Waals surface area contributed by atoms with E-state index in [4.69, 9.17) is 0 Å². The van der Waals surface area contributed by atoms with Crippen molar-refractivity contribution in [3.8, 4) is 0 Å². The molecule has 1 aliphatic heterocycles. The molecule has 1 unspecified atom stereocenters. The van der Waals surface area contributed by atoms with Gasteiger partial charge in [-0.1, -0.05) is 30.3 Å². The molecule has 0 amide bonds. The number of aliphatic carboxylic acids is 1. The third-order valence-corrected chi connectivity index (χ3v) is 6.70. The third kappa shape index (κ3) is 4.96. The molecule has 29 heavy (non-hydrogen) atoms. The smallest absolute Gasteiger partial charge is 0.311 e. The summed E-state index contributed by atoms with van der Waals surface area (Å²) in [6.45, 7) is 5.48. The average Bonchev–Trinajstić information content (AvgIpc) is 2.77. The van der Waals surface area contributed by atoms with Crippen molar-refractivity contribution < 1.29 is 9.90 Å². The fourth-order valence-corrected chi connectivity index (χ4v) is 5.09.